The maximum Gasteiger partial charge on any atom is 0.253 e. The van der Waals surface area contributed by atoms with Gasteiger partial charge in [-0.05, 0) is 49.2 Å². The van der Waals surface area contributed by atoms with Crippen molar-refractivity contribution in [1.29, 1.82) is 0 Å². The molecule has 6 nitrogen and oxygen atoms in total. The third-order valence-corrected chi connectivity index (χ3v) is 4.69. The lowest BCUT2D eigenvalue weighted by atomic mass is 10.1. The van der Waals surface area contributed by atoms with Gasteiger partial charge in [-0.25, -0.2) is 0 Å². The second-order valence-corrected chi connectivity index (χ2v) is 6.45. The fraction of sp³-hybridized carbons (Fsp3) is 0.250. The molecule has 0 unspecified atom stereocenters. The van der Waals surface area contributed by atoms with Crippen molar-refractivity contribution >= 4 is 22.7 Å². The molecule has 26 heavy (non-hydrogen) atoms. The third-order valence-electron chi connectivity index (χ3n) is 4.69. The number of benzene rings is 1. The Kier molecular flexibility index (Phi) is 4.39. The van der Waals surface area contributed by atoms with Crippen LogP contribution in [0.25, 0.3) is 0 Å². The number of anilines is 4. The lowest BCUT2D eigenvalue weighted by molar-refractivity contribution is 0.949. The SMILES string of the molecule is O=c1c(NCc2ccccn2)c(Nc2ccc(N3CCCC3)cc2)c1=O. The van der Waals surface area contributed by atoms with Crippen LogP contribution < -0.4 is 26.4 Å². The highest BCUT2D eigenvalue weighted by Gasteiger charge is 2.21. The Morgan fingerprint density at radius 3 is 2.35 bits per heavy atom. The topological polar surface area (TPSA) is 74.3 Å². The number of hydrogen-bond donors (Lipinski definition) is 2. The standard InChI is InChI=1S/C20H20N4O2/c25-19-17(22-13-15-5-1-2-10-21-15)18(20(19)26)23-14-6-8-16(9-7-14)24-11-3-4-12-24/h1-2,5-10,22-23H,3-4,11-13H2. The predicted molar refractivity (Wildman–Crippen MR) is 104 cm³/mol. The molecule has 6 heteroatoms. The second kappa shape index (κ2) is 7.00. The van der Waals surface area contributed by atoms with Crippen LogP contribution in [0.2, 0.25) is 0 Å². The molecule has 0 saturated carbocycles. The summed E-state index contributed by atoms with van der Waals surface area (Å²) in [7, 11) is 0. The highest BCUT2D eigenvalue weighted by Crippen LogP contribution is 2.25. The summed E-state index contributed by atoms with van der Waals surface area (Å²) in [6.45, 7) is 2.58. The van der Waals surface area contributed by atoms with Crippen LogP contribution in [0.3, 0.4) is 0 Å². The van der Waals surface area contributed by atoms with Gasteiger partial charge in [-0.1, -0.05) is 6.07 Å². The van der Waals surface area contributed by atoms with E-state index >= 15 is 0 Å². The van der Waals surface area contributed by atoms with E-state index in [0.29, 0.717) is 17.9 Å². The van der Waals surface area contributed by atoms with Crippen molar-refractivity contribution in [2.45, 2.75) is 19.4 Å². The molecule has 1 saturated heterocycles. The fourth-order valence-electron chi connectivity index (χ4n) is 3.24. The molecule has 2 N–H and O–H groups in total. The average molecular weight is 348 g/mol. The van der Waals surface area contributed by atoms with Crippen LogP contribution in [0.5, 0.6) is 0 Å². The molecule has 0 bridgehead atoms. The Morgan fingerprint density at radius 1 is 0.923 bits per heavy atom. The van der Waals surface area contributed by atoms with Crippen molar-refractivity contribution in [1.82, 2.24) is 4.98 Å². The van der Waals surface area contributed by atoms with Crippen LogP contribution in [0.4, 0.5) is 22.7 Å². The van der Waals surface area contributed by atoms with Crippen LogP contribution in [0, 0.1) is 0 Å². The van der Waals surface area contributed by atoms with Crippen LogP contribution in [0.15, 0.2) is 58.3 Å². The van der Waals surface area contributed by atoms with Gasteiger partial charge in [0, 0.05) is 30.7 Å². The van der Waals surface area contributed by atoms with Crippen molar-refractivity contribution in [3.8, 4) is 0 Å². The Bertz CT molecular complexity index is 954. The minimum absolute atomic E-state index is 0.319. The third kappa shape index (κ3) is 3.18. The summed E-state index contributed by atoms with van der Waals surface area (Å²) in [5.74, 6) is 0. The van der Waals surface area contributed by atoms with Crippen molar-refractivity contribution in [3.05, 3.63) is 74.8 Å². The maximum absolute atomic E-state index is 11.9. The number of aromatic nitrogens is 1. The lowest BCUT2D eigenvalue weighted by Crippen LogP contribution is -2.36. The summed E-state index contributed by atoms with van der Waals surface area (Å²) < 4.78 is 0. The molecule has 0 atom stereocenters. The number of rotatable bonds is 6. The van der Waals surface area contributed by atoms with Gasteiger partial charge in [-0.3, -0.25) is 14.6 Å². The van der Waals surface area contributed by atoms with Crippen LogP contribution in [0.1, 0.15) is 18.5 Å². The lowest BCUT2D eigenvalue weighted by Gasteiger charge is -2.19. The summed E-state index contributed by atoms with van der Waals surface area (Å²) in [5, 5.41) is 6.09. The van der Waals surface area contributed by atoms with Gasteiger partial charge in [0.05, 0.1) is 12.2 Å². The molecule has 2 heterocycles. The van der Waals surface area contributed by atoms with E-state index in [4.69, 9.17) is 0 Å². The van der Waals surface area contributed by atoms with Crippen molar-refractivity contribution < 1.29 is 0 Å². The molecule has 0 aliphatic carbocycles. The fourth-order valence-corrected chi connectivity index (χ4v) is 3.24. The number of nitrogens with zero attached hydrogens (tertiary/aromatic N) is 2. The molecule has 1 fully saturated rings. The van der Waals surface area contributed by atoms with Gasteiger partial charge in [0.2, 0.25) is 0 Å². The molecule has 2 aromatic carbocycles. The molecule has 3 aromatic rings. The quantitative estimate of drug-likeness (QED) is 0.667. The molecule has 132 valence electrons. The number of hydrogen-bond acceptors (Lipinski definition) is 6. The van der Waals surface area contributed by atoms with E-state index in [1.807, 2.05) is 42.5 Å². The summed E-state index contributed by atoms with van der Waals surface area (Å²) >= 11 is 0. The summed E-state index contributed by atoms with van der Waals surface area (Å²) in [5.41, 5.74) is 2.45. The molecule has 1 aliphatic rings. The van der Waals surface area contributed by atoms with Crippen molar-refractivity contribution in [2.75, 3.05) is 28.6 Å². The Hall–Kier alpha value is -3.15. The van der Waals surface area contributed by atoms with E-state index in [0.717, 1.165) is 24.5 Å². The van der Waals surface area contributed by atoms with E-state index in [2.05, 4.69) is 20.5 Å². The normalized spacial score (nSPS) is 13.9. The molecular formula is C20H20N4O2. The highest BCUT2D eigenvalue weighted by molar-refractivity contribution is 5.79. The second-order valence-electron chi connectivity index (χ2n) is 6.45. The van der Waals surface area contributed by atoms with E-state index in [-0.39, 0.29) is 0 Å². The number of nitrogens with one attached hydrogen (secondary N) is 2. The van der Waals surface area contributed by atoms with Gasteiger partial charge in [0.1, 0.15) is 11.4 Å². The van der Waals surface area contributed by atoms with E-state index < -0.39 is 10.9 Å². The van der Waals surface area contributed by atoms with Gasteiger partial charge in [-0.2, -0.15) is 0 Å². The highest BCUT2D eigenvalue weighted by atomic mass is 16.2. The molecule has 4 rings (SSSR count). The number of pyridine rings is 1. The first-order valence-electron chi connectivity index (χ1n) is 8.81. The monoisotopic (exact) mass is 348 g/mol. The van der Waals surface area contributed by atoms with Gasteiger partial charge < -0.3 is 15.5 Å². The maximum atomic E-state index is 11.9. The molecular weight excluding hydrogens is 328 g/mol. The zero-order valence-corrected chi connectivity index (χ0v) is 14.4. The van der Waals surface area contributed by atoms with Gasteiger partial charge in [-0.15, -0.1) is 0 Å². The van der Waals surface area contributed by atoms with Crippen molar-refractivity contribution in [2.24, 2.45) is 0 Å². The zero-order valence-electron chi connectivity index (χ0n) is 14.4. The van der Waals surface area contributed by atoms with Crippen LogP contribution in [-0.4, -0.2) is 18.1 Å². The smallest absolute Gasteiger partial charge is 0.253 e. The minimum Gasteiger partial charge on any atom is -0.374 e. The molecule has 1 aliphatic heterocycles. The van der Waals surface area contributed by atoms with E-state index in [9.17, 15) is 9.59 Å². The van der Waals surface area contributed by atoms with Crippen LogP contribution in [-0.2, 0) is 6.54 Å². The average Bonchev–Trinajstić information content (AvgIpc) is 3.23. The zero-order chi connectivity index (χ0) is 17.9. The first-order valence-corrected chi connectivity index (χ1v) is 8.81. The summed E-state index contributed by atoms with van der Waals surface area (Å²) in [6, 6.07) is 13.5. The Labute approximate surface area is 151 Å². The minimum atomic E-state index is -0.489. The summed E-state index contributed by atoms with van der Waals surface area (Å²) in [4.78, 5) is 30.4. The Morgan fingerprint density at radius 2 is 1.65 bits per heavy atom. The van der Waals surface area contributed by atoms with E-state index in [1.54, 1.807) is 6.20 Å². The molecule has 0 radical (unpaired) electrons. The van der Waals surface area contributed by atoms with Gasteiger partial charge in [0.25, 0.3) is 10.9 Å². The van der Waals surface area contributed by atoms with Crippen molar-refractivity contribution in [3.63, 3.8) is 0 Å². The first-order chi connectivity index (χ1) is 12.7. The van der Waals surface area contributed by atoms with E-state index in [1.165, 1.54) is 18.5 Å². The van der Waals surface area contributed by atoms with Crippen LogP contribution >= 0.6 is 0 Å². The summed E-state index contributed by atoms with van der Waals surface area (Å²) in [6.07, 6.45) is 4.16. The molecule has 0 amide bonds. The largest absolute Gasteiger partial charge is 0.374 e. The predicted octanol–water partition coefficient (Wildman–Crippen LogP) is 2.63. The first kappa shape index (κ1) is 16.3. The molecule has 1 aromatic heterocycles. The van der Waals surface area contributed by atoms with Gasteiger partial charge in [0.15, 0.2) is 0 Å². The Balaban J connectivity index is 1.46. The molecule has 0 spiro atoms. The van der Waals surface area contributed by atoms with Gasteiger partial charge >= 0.3 is 0 Å².